The molecule has 3 rings (SSSR count). The van der Waals surface area contributed by atoms with Crippen molar-refractivity contribution in [3.8, 4) is 11.5 Å². The minimum Gasteiger partial charge on any atom is 0 e. The number of amides is 2. The van der Waals surface area contributed by atoms with Crippen LogP contribution in [-0.4, -0.2) is 37.1 Å². The van der Waals surface area contributed by atoms with Gasteiger partial charge in [0.05, 0.1) is 30.6 Å². The first-order chi connectivity index (χ1) is 27.1. The Morgan fingerprint density at radius 2 is 1.19 bits per heavy atom. The van der Waals surface area contributed by atoms with Gasteiger partial charge in [0.15, 0.2) is 0 Å². The molecule has 0 aromatic heterocycles. The van der Waals surface area contributed by atoms with Gasteiger partial charge in [0.2, 0.25) is 5.91 Å². The number of cyclic esters (lactones) is 1. The molecular weight excluding hydrogens is 848 g/mol. The third-order valence-electron chi connectivity index (χ3n) is 8.48. The fourth-order valence-electron chi connectivity index (χ4n) is 5.86. The van der Waals surface area contributed by atoms with E-state index in [2.05, 4.69) is 90.1 Å². The molecule has 0 spiro atoms. The molecular formula is C44H55Co2NO10Si. The molecule has 1 aliphatic heterocycles. The molecule has 2 aromatic carbocycles. The summed E-state index contributed by atoms with van der Waals surface area (Å²) in [4.78, 5) is 28.6. The third-order valence-corrected chi connectivity index (χ3v) is 9.37. The summed E-state index contributed by atoms with van der Waals surface area (Å²) in [5, 5.41) is 0. The Morgan fingerprint density at radius 1 is 0.759 bits per heavy atom. The largest absolute Gasteiger partial charge is 0 e. The first-order valence-electron chi connectivity index (χ1n) is 18.1. The van der Waals surface area contributed by atoms with Gasteiger partial charge in [0, 0.05) is 33.6 Å². The number of carbonyl (C=O) groups excluding carboxylic acids is 2. The fourth-order valence-corrected chi connectivity index (χ4v) is 6.46. The number of ether oxygens (including phenoxy) is 2. The molecule has 0 unspecified atom stereocenters. The van der Waals surface area contributed by atoms with E-state index in [1.807, 2.05) is 62.4 Å². The maximum Gasteiger partial charge on any atom is 0 e. The van der Waals surface area contributed by atoms with Gasteiger partial charge in [-0.2, -0.15) is 0 Å². The van der Waals surface area contributed by atoms with Crippen molar-refractivity contribution in [1.82, 2.24) is 4.90 Å². The Balaban J connectivity index is -0.000000441. The van der Waals surface area contributed by atoms with E-state index in [0.717, 1.165) is 30.4 Å². The second kappa shape index (κ2) is 44.7. The Hall–Kier alpha value is -3.43. The zero-order valence-electron chi connectivity index (χ0n) is 34.1. The SMILES string of the molecule is CCCCCCCCCCC[C@@H](OCc1ccccc1)[C@H](C#C[Si](C)(C)C)[C@H](C)C(=O)N1C(=O)O[C@@H](c2ccccc2)[C@H]1C.[C-]#[O+].[C-]#[O+].[C-]#[O+].[C-]#[O+].[C-]#[O+].[C-]#[O+].[Co].[Co]. The van der Waals surface area contributed by atoms with Crippen LogP contribution >= 0.6 is 0 Å². The molecule has 0 aliphatic carbocycles. The standard InChI is InChI=1S/C38H55NO4Si.6CO.2Co/c1-7-8-9-10-11-12-13-14-21-26-35(42-29-32-22-17-15-18-23-32)34(27-28-44(4,5)6)30(2)37(40)39-31(3)36(43-38(39)41)33-24-19-16-20-25-33;6*1-2;;/h15-20,22-25,30-31,34-36H,7-14,21,26,29H2,1-6H3;;;;;;;;/t30-,31+,34+,35+,36+;;;;;;;;/m0......../s1. The number of hydrogen-bond acceptors (Lipinski definition) is 4. The number of nitrogens with zero attached hydrogens (tertiary/aromatic N) is 1. The predicted molar refractivity (Wildman–Crippen MR) is 206 cm³/mol. The van der Waals surface area contributed by atoms with Gasteiger partial charge < -0.3 is 9.47 Å². The van der Waals surface area contributed by atoms with E-state index in [1.165, 1.54) is 49.8 Å². The van der Waals surface area contributed by atoms with E-state index < -0.39 is 32.2 Å². The van der Waals surface area contributed by atoms with Crippen LogP contribution in [0.5, 0.6) is 0 Å². The summed E-state index contributed by atoms with van der Waals surface area (Å²) in [6.07, 6.45) is 10.8. The van der Waals surface area contributed by atoms with Crippen LogP contribution in [0.25, 0.3) is 0 Å². The van der Waals surface area contributed by atoms with Gasteiger partial charge in [-0.3, -0.25) is 4.79 Å². The van der Waals surface area contributed by atoms with E-state index in [1.54, 1.807) is 0 Å². The second-order valence-corrected chi connectivity index (χ2v) is 18.2. The van der Waals surface area contributed by atoms with Crippen molar-refractivity contribution < 1.29 is 80.5 Å². The predicted octanol–water partition coefficient (Wildman–Crippen LogP) is 9.50. The number of rotatable bonds is 17. The number of hydrogen-bond donors (Lipinski definition) is 0. The van der Waals surface area contributed by atoms with Crippen LogP contribution in [0.3, 0.4) is 0 Å². The molecule has 0 saturated carbocycles. The van der Waals surface area contributed by atoms with E-state index in [4.69, 9.17) is 37.4 Å². The summed E-state index contributed by atoms with van der Waals surface area (Å²) in [6.45, 7) is 40.2. The zero-order valence-corrected chi connectivity index (χ0v) is 37.2. The van der Waals surface area contributed by atoms with Crippen molar-refractivity contribution in [2.75, 3.05) is 0 Å². The van der Waals surface area contributed by atoms with Gasteiger partial charge in [-0.25, -0.2) is 9.69 Å². The van der Waals surface area contributed by atoms with Crippen LogP contribution < -0.4 is 0 Å². The topological polar surface area (TPSA) is 175 Å². The van der Waals surface area contributed by atoms with E-state index in [0.29, 0.717) is 6.61 Å². The summed E-state index contributed by atoms with van der Waals surface area (Å²) in [5.74, 6) is 2.44. The number of unbranched alkanes of at least 4 members (excludes halogenated alkanes) is 8. The molecule has 318 valence electrons. The number of carbonyl (C=O) groups is 2. The molecule has 1 heterocycles. The Labute approximate surface area is 368 Å². The van der Waals surface area contributed by atoms with Gasteiger partial charge in [-0.05, 0) is 24.5 Å². The van der Waals surface area contributed by atoms with Gasteiger partial charge in [0.25, 0.3) is 0 Å². The molecule has 1 aliphatic rings. The first-order valence-corrected chi connectivity index (χ1v) is 21.6. The summed E-state index contributed by atoms with van der Waals surface area (Å²) in [6, 6.07) is 19.4. The van der Waals surface area contributed by atoms with Crippen molar-refractivity contribution in [1.29, 1.82) is 0 Å². The molecule has 2 radical (unpaired) electrons. The summed E-state index contributed by atoms with van der Waals surface area (Å²) in [7, 11) is -1.74. The molecule has 1 saturated heterocycles. The van der Waals surface area contributed by atoms with Crippen molar-refractivity contribution in [2.24, 2.45) is 11.8 Å². The minimum atomic E-state index is -1.74. The Bertz CT molecular complexity index is 1450. The van der Waals surface area contributed by atoms with Gasteiger partial charge in [-0.1, -0.05) is 152 Å². The number of imide groups is 1. The fraction of sp³-hybridized carbons (Fsp3) is 0.500. The smallest absolute Gasteiger partial charge is 0 e. The average Bonchev–Trinajstić information content (AvgIpc) is 3.55. The van der Waals surface area contributed by atoms with E-state index in [-0.39, 0.29) is 51.5 Å². The van der Waals surface area contributed by atoms with Crippen LogP contribution in [0.4, 0.5) is 4.79 Å². The third kappa shape index (κ3) is 28.1. The van der Waals surface area contributed by atoms with Crippen LogP contribution in [-0.2, 0) is 82.3 Å². The first kappa shape index (κ1) is 66.4. The van der Waals surface area contributed by atoms with Crippen molar-refractivity contribution >= 4 is 20.1 Å². The Kier molecular flexibility index (Phi) is 51.1. The second-order valence-electron chi connectivity index (χ2n) is 13.4. The van der Waals surface area contributed by atoms with E-state index >= 15 is 0 Å². The molecule has 1 fully saturated rings. The van der Waals surface area contributed by atoms with Crippen LogP contribution in [0.15, 0.2) is 60.7 Å². The quantitative estimate of drug-likeness (QED) is 0.0506. The van der Waals surface area contributed by atoms with E-state index in [9.17, 15) is 9.59 Å². The minimum absolute atomic E-state index is 0. The molecule has 2 aromatic rings. The zero-order chi connectivity index (χ0) is 44.0. The average molecular weight is 904 g/mol. The van der Waals surface area contributed by atoms with Gasteiger partial charge in [-0.15, -0.1) is 11.5 Å². The van der Waals surface area contributed by atoms with Crippen LogP contribution in [0, 0.1) is 63.2 Å². The maximum atomic E-state index is 14.1. The molecule has 14 heteroatoms. The summed E-state index contributed by atoms with van der Waals surface area (Å²) >= 11 is 0. The summed E-state index contributed by atoms with van der Waals surface area (Å²) in [5.41, 5.74) is 5.53. The normalized spacial score (nSPS) is 14.4. The molecule has 5 atom stereocenters. The monoisotopic (exact) mass is 903 g/mol. The van der Waals surface area contributed by atoms with Crippen molar-refractivity contribution in [2.45, 2.75) is 129 Å². The van der Waals surface area contributed by atoms with Gasteiger partial charge >= 0.3 is 73.9 Å². The van der Waals surface area contributed by atoms with Crippen molar-refractivity contribution in [3.05, 3.63) is 112 Å². The van der Waals surface area contributed by atoms with Gasteiger partial charge in [0.1, 0.15) is 14.2 Å². The number of benzene rings is 2. The molecule has 0 bridgehead atoms. The molecule has 58 heavy (non-hydrogen) atoms. The molecule has 11 nitrogen and oxygen atoms in total. The van der Waals surface area contributed by atoms with Crippen LogP contribution in [0.2, 0.25) is 19.6 Å². The molecule has 0 N–H and O–H groups in total. The van der Waals surface area contributed by atoms with Crippen molar-refractivity contribution in [3.63, 3.8) is 0 Å². The molecule has 2 amide bonds. The Morgan fingerprint density at radius 3 is 1.64 bits per heavy atom. The van der Waals surface area contributed by atoms with Crippen LogP contribution in [0.1, 0.15) is 102 Å². The maximum absolute atomic E-state index is 14.1. The summed E-state index contributed by atoms with van der Waals surface area (Å²) < 4.78 is 57.4.